The Labute approximate surface area is 74.0 Å². The molecule has 0 saturated carbocycles. The van der Waals surface area contributed by atoms with E-state index in [2.05, 4.69) is 4.98 Å². The molecule has 1 unspecified atom stereocenters. The third-order valence-electron chi connectivity index (χ3n) is 1.17. The van der Waals surface area contributed by atoms with Crippen LogP contribution >= 0.6 is 11.8 Å². The maximum absolute atomic E-state index is 10.3. The predicted molar refractivity (Wildman–Crippen MR) is 44.1 cm³/mol. The Morgan fingerprint density at radius 2 is 2.67 bits per heavy atom. The normalized spacial score (nSPS) is 12.8. The highest BCUT2D eigenvalue weighted by Gasteiger charge is 2.11. The van der Waals surface area contributed by atoms with Gasteiger partial charge in [0.05, 0.1) is 12.6 Å². The summed E-state index contributed by atoms with van der Waals surface area (Å²) in [6, 6.07) is 0. The molecule has 0 fully saturated rings. The van der Waals surface area contributed by atoms with E-state index >= 15 is 0 Å². The van der Waals surface area contributed by atoms with Crippen molar-refractivity contribution in [3.63, 3.8) is 0 Å². The van der Waals surface area contributed by atoms with Gasteiger partial charge in [-0.15, -0.1) is 0 Å². The zero-order valence-corrected chi connectivity index (χ0v) is 7.37. The molecule has 0 bridgehead atoms. The van der Waals surface area contributed by atoms with Crippen LogP contribution in [-0.2, 0) is 4.79 Å². The van der Waals surface area contributed by atoms with Crippen LogP contribution in [0.3, 0.4) is 0 Å². The van der Waals surface area contributed by atoms with Gasteiger partial charge in [-0.25, -0.2) is 4.98 Å². The predicted octanol–water partition coefficient (Wildman–Crippen LogP) is 1.63. The first kappa shape index (κ1) is 9.12. The van der Waals surface area contributed by atoms with Crippen molar-refractivity contribution in [3.8, 4) is 0 Å². The van der Waals surface area contributed by atoms with Crippen LogP contribution in [0, 0.1) is 0 Å². The molecule has 0 amide bonds. The molecule has 66 valence electrons. The highest BCUT2D eigenvalue weighted by molar-refractivity contribution is 7.99. The number of hydrogen-bond donors (Lipinski definition) is 1. The molecule has 1 aromatic heterocycles. The van der Waals surface area contributed by atoms with Gasteiger partial charge in [-0.05, 0) is 0 Å². The van der Waals surface area contributed by atoms with E-state index in [1.165, 1.54) is 24.2 Å². The smallest absolute Gasteiger partial charge is 0.304 e. The number of rotatable bonds is 4. The van der Waals surface area contributed by atoms with Gasteiger partial charge in [-0.3, -0.25) is 4.79 Å². The van der Waals surface area contributed by atoms with Gasteiger partial charge in [0.2, 0.25) is 0 Å². The van der Waals surface area contributed by atoms with Crippen molar-refractivity contribution in [2.75, 3.05) is 0 Å². The van der Waals surface area contributed by atoms with E-state index in [1.54, 1.807) is 0 Å². The number of carbonyl (C=O) groups is 1. The van der Waals surface area contributed by atoms with Crippen molar-refractivity contribution in [3.05, 3.63) is 12.5 Å². The Balaban J connectivity index is 2.36. The lowest BCUT2D eigenvalue weighted by Crippen LogP contribution is -2.05. The summed E-state index contributed by atoms with van der Waals surface area (Å²) < 4.78 is 4.94. The summed E-state index contributed by atoms with van der Waals surface area (Å²) in [6.07, 6.45) is 3.12. The van der Waals surface area contributed by atoms with Gasteiger partial charge in [-0.1, -0.05) is 18.7 Å². The summed E-state index contributed by atoms with van der Waals surface area (Å²) in [5.74, 6) is -0.804. The SMILES string of the molecule is CC(CC(=O)O)Sc1ncco1. The Kier molecular flexibility index (Phi) is 3.16. The molecular formula is C7H9NO3S. The number of carboxylic acid groups (broad SMARTS) is 1. The lowest BCUT2D eigenvalue weighted by atomic mass is 10.3. The number of oxazole rings is 1. The van der Waals surface area contributed by atoms with Gasteiger partial charge in [-0.2, -0.15) is 0 Å². The van der Waals surface area contributed by atoms with E-state index in [0.29, 0.717) is 5.22 Å². The lowest BCUT2D eigenvalue weighted by Gasteiger charge is -2.02. The average molecular weight is 187 g/mol. The van der Waals surface area contributed by atoms with E-state index in [9.17, 15) is 4.79 Å². The van der Waals surface area contributed by atoms with Crippen molar-refractivity contribution in [2.45, 2.75) is 23.8 Å². The van der Waals surface area contributed by atoms with Gasteiger partial charge in [0, 0.05) is 5.25 Å². The highest BCUT2D eigenvalue weighted by Crippen LogP contribution is 2.22. The summed E-state index contributed by atoms with van der Waals surface area (Å²) in [4.78, 5) is 14.1. The minimum Gasteiger partial charge on any atom is -0.481 e. The van der Waals surface area contributed by atoms with Gasteiger partial charge >= 0.3 is 5.97 Å². The second-order valence-electron chi connectivity index (χ2n) is 2.32. The minimum absolute atomic E-state index is 0.0128. The molecule has 1 aromatic rings. The van der Waals surface area contributed by atoms with E-state index in [4.69, 9.17) is 9.52 Å². The molecule has 1 heterocycles. The summed E-state index contributed by atoms with van der Waals surface area (Å²) in [5.41, 5.74) is 0. The standard InChI is InChI=1S/C7H9NO3S/c1-5(4-6(9)10)12-7-8-2-3-11-7/h2-3,5H,4H2,1H3,(H,9,10). The summed E-state index contributed by atoms with van der Waals surface area (Å²) in [7, 11) is 0. The zero-order chi connectivity index (χ0) is 8.97. The summed E-state index contributed by atoms with van der Waals surface area (Å²) in [6.45, 7) is 1.82. The van der Waals surface area contributed by atoms with E-state index < -0.39 is 5.97 Å². The first-order chi connectivity index (χ1) is 5.68. The molecular weight excluding hydrogens is 178 g/mol. The van der Waals surface area contributed by atoms with Crippen molar-refractivity contribution in [1.29, 1.82) is 0 Å². The van der Waals surface area contributed by atoms with E-state index in [1.807, 2.05) is 6.92 Å². The first-order valence-electron chi connectivity index (χ1n) is 3.46. The van der Waals surface area contributed by atoms with Crippen LogP contribution in [0.15, 0.2) is 22.1 Å². The molecule has 4 nitrogen and oxygen atoms in total. The Morgan fingerprint density at radius 1 is 1.92 bits per heavy atom. The highest BCUT2D eigenvalue weighted by atomic mass is 32.2. The first-order valence-corrected chi connectivity index (χ1v) is 4.34. The number of carboxylic acids is 1. The van der Waals surface area contributed by atoms with Crippen LogP contribution in [0.1, 0.15) is 13.3 Å². The minimum atomic E-state index is -0.804. The number of aliphatic carboxylic acids is 1. The molecule has 0 aliphatic carbocycles. The van der Waals surface area contributed by atoms with Gasteiger partial charge < -0.3 is 9.52 Å². The third-order valence-corrected chi connectivity index (χ3v) is 2.15. The molecule has 0 radical (unpaired) electrons. The molecule has 0 saturated heterocycles. The molecule has 12 heavy (non-hydrogen) atoms. The van der Waals surface area contributed by atoms with Crippen LogP contribution in [-0.4, -0.2) is 21.3 Å². The fraction of sp³-hybridized carbons (Fsp3) is 0.429. The fourth-order valence-electron chi connectivity index (χ4n) is 0.728. The van der Waals surface area contributed by atoms with E-state index in [0.717, 1.165) is 0 Å². The fourth-order valence-corrected chi connectivity index (χ4v) is 1.53. The maximum Gasteiger partial charge on any atom is 0.304 e. The van der Waals surface area contributed by atoms with Gasteiger partial charge in [0.25, 0.3) is 5.22 Å². The quantitative estimate of drug-likeness (QED) is 0.726. The van der Waals surface area contributed by atoms with Crippen LogP contribution < -0.4 is 0 Å². The largest absolute Gasteiger partial charge is 0.481 e. The van der Waals surface area contributed by atoms with Crippen LogP contribution in [0.2, 0.25) is 0 Å². The zero-order valence-electron chi connectivity index (χ0n) is 6.56. The third kappa shape index (κ3) is 2.96. The lowest BCUT2D eigenvalue weighted by molar-refractivity contribution is -0.136. The number of thioether (sulfide) groups is 1. The Morgan fingerprint density at radius 3 is 3.17 bits per heavy atom. The van der Waals surface area contributed by atoms with Crippen LogP contribution in [0.25, 0.3) is 0 Å². The summed E-state index contributed by atoms with van der Waals surface area (Å²) in [5, 5.41) is 8.95. The Bertz CT molecular complexity index is 247. The number of aromatic nitrogens is 1. The average Bonchev–Trinajstić information content (AvgIpc) is 2.37. The van der Waals surface area contributed by atoms with Crippen molar-refractivity contribution in [2.24, 2.45) is 0 Å². The molecule has 0 aliphatic heterocycles. The van der Waals surface area contributed by atoms with Gasteiger partial charge in [0.15, 0.2) is 0 Å². The monoisotopic (exact) mass is 187 g/mol. The molecule has 1 atom stereocenters. The van der Waals surface area contributed by atoms with Crippen molar-refractivity contribution in [1.82, 2.24) is 4.98 Å². The second-order valence-corrected chi connectivity index (χ2v) is 3.71. The van der Waals surface area contributed by atoms with E-state index in [-0.39, 0.29) is 11.7 Å². The molecule has 0 aromatic carbocycles. The molecule has 0 spiro atoms. The number of hydrogen-bond acceptors (Lipinski definition) is 4. The molecule has 5 heteroatoms. The van der Waals surface area contributed by atoms with Crippen molar-refractivity contribution < 1.29 is 14.3 Å². The van der Waals surface area contributed by atoms with Gasteiger partial charge in [0.1, 0.15) is 6.26 Å². The second kappa shape index (κ2) is 4.15. The van der Waals surface area contributed by atoms with Crippen LogP contribution in [0.4, 0.5) is 0 Å². The topological polar surface area (TPSA) is 63.3 Å². The van der Waals surface area contributed by atoms with Crippen LogP contribution in [0.5, 0.6) is 0 Å². The van der Waals surface area contributed by atoms with Crippen molar-refractivity contribution >= 4 is 17.7 Å². The molecule has 1 N–H and O–H groups in total. The molecule has 1 rings (SSSR count). The number of nitrogens with zero attached hydrogens (tertiary/aromatic N) is 1. The summed E-state index contributed by atoms with van der Waals surface area (Å²) >= 11 is 1.32. The maximum atomic E-state index is 10.3. The molecule has 0 aliphatic rings. The Hall–Kier alpha value is -0.970.